The van der Waals surface area contributed by atoms with Gasteiger partial charge < -0.3 is 4.42 Å². The van der Waals surface area contributed by atoms with Crippen LogP contribution in [0.25, 0.3) is 76.8 Å². The van der Waals surface area contributed by atoms with Gasteiger partial charge in [-0.25, -0.2) is 0 Å². The molecule has 0 radical (unpaired) electrons. The van der Waals surface area contributed by atoms with Crippen LogP contribution in [-0.2, 0) is 0 Å². The lowest BCUT2D eigenvalue weighted by Crippen LogP contribution is -1.80. The fraction of sp³-hybridized carbons (Fsp3) is 0.0303. The largest absolute Gasteiger partial charge is 0.455 e. The summed E-state index contributed by atoms with van der Waals surface area (Å²) < 4.78 is 7.83. The van der Waals surface area contributed by atoms with Crippen LogP contribution in [0.3, 0.4) is 0 Å². The second-order valence-corrected chi connectivity index (χ2v) is 10.7. The normalized spacial score (nSPS) is 12.2. The molecule has 3 heteroatoms. The minimum absolute atomic E-state index is 0.911. The number of benzene rings is 5. The molecule has 172 valence electrons. The second-order valence-electron chi connectivity index (χ2n) is 9.12. The van der Waals surface area contributed by atoms with Gasteiger partial charge in [-0.2, -0.15) is 0 Å². The summed E-state index contributed by atoms with van der Waals surface area (Å²) in [6.45, 7) is 6.09. The summed E-state index contributed by atoms with van der Waals surface area (Å²) in [6.07, 6.45) is 6.22. The van der Waals surface area contributed by atoms with Gasteiger partial charge in [-0.05, 0) is 76.9 Å². The van der Waals surface area contributed by atoms with E-state index in [1.807, 2.05) is 12.1 Å². The standard InChI is InChI=1S/C33H22OS2/c1-3-5-25-28-14-13-27-29(33(28)36-31(25)4-2)15-12-26-24-11-9-22(18-30(24)34-32(26)27)19-6-7-21-17-23(35)10-8-20(21)16-19/h3-18,35H,2H2,1H3/b5-3-. The zero-order chi connectivity index (χ0) is 24.4. The number of fused-ring (bicyclic) bond motifs is 8. The Labute approximate surface area is 218 Å². The van der Waals surface area contributed by atoms with Crippen LogP contribution in [0.1, 0.15) is 17.4 Å². The Balaban J connectivity index is 1.43. The maximum Gasteiger partial charge on any atom is 0.143 e. The second kappa shape index (κ2) is 8.12. The van der Waals surface area contributed by atoms with Gasteiger partial charge in [0.2, 0.25) is 0 Å². The molecule has 0 aliphatic carbocycles. The summed E-state index contributed by atoms with van der Waals surface area (Å²) in [4.78, 5) is 2.18. The van der Waals surface area contributed by atoms with Crippen molar-refractivity contribution in [3.8, 4) is 11.1 Å². The zero-order valence-corrected chi connectivity index (χ0v) is 21.4. The summed E-state index contributed by atoms with van der Waals surface area (Å²) >= 11 is 6.26. The van der Waals surface area contributed by atoms with Crippen molar-refractivity contribution < 1.29 is 4.42 Å². The topological polar surface area (TPSA) is 13.1 Å². The van der Waals surface area contributed by atoms with Crippen molar-refractivity contribution in [1.29, 1.82) is 0 Å². The van der Waals surface area contributed by atoms with Crippen LogP contribution >= 0.6 is 24.0 Å². The zero-order valence-electron chi connectivity index (χ0n) is 19.7. The molecule has 7 rings (SSSR count). The molecule has 0 fully saturated rings. The van der Waals surface area contributed by atoms with Gasteiger partial charge in [-0.1, -0.05) is 61.2 Å². The molecule has 2 heterocycles. The van der Waals surface area contributed by atoms with E-state index in [0.29, 0.717) is 0 Å². The van der Waals surface area contributed by atoms with Crippen LogP contribution < -0.4 is 0 Å². The smallest absolute Gasteiger partial charge is 0.143 e. The summed E-state index contributed by atoms with van der Waals surface area (Å²) in [6, 6.07) is 28.2. The minimum atomic E-state index is 0.911. The Kier molecular flexibility index (Phi) is 4.85. The first-order chi connectivity index (χ1) is 17.6. The SMILES string of the molecule is C=Cc1sc2c(ccc3c2ccc2c4ccc(-c5ccc6cc(S)ccc6c5)cc4oc23)c1/C=C\C. The summed E-state index contributed by atoms with van der Waals surface area (Å²) in [7, 11) is 0. The number of thiol groups is 1. The maximum atomic E-state index is 6.55. The molecular weight excluding hydrogens is 476 g/mol. The van der Waals surface area contributed by atoms with Crippen LogP contribution in [0.2, 0.25) is 0 Å². The number of rotatable bonds is 3. The van der Waals surface area contributed by atoms with E-state index in [9.17, 15) is 0 Å². The van der Waals surface area contributed by atoms with Crippen molar-refractivity contribution in [2.24, 2.45) is 0 Å². The highest BCUT2D eigenvalue weighted by atomic mass is 32.1. The number of allylic oxidation sites excluding steroid dienone is 1. The van der Waals surface area contributed by atoms with Crippen LogP contribution in [-0.4, -0.2) is 0 Å². The Bertz CT molecular complexity index is 2030. The molecule has 36 heavy (non-hydrogen) atoms. The van der Waals surface area contributed by atoms with Gasteiger partial charge in [-0.15, -0.1) is 24.0 Å². The van der Waals surface area contributed by atoms with Crippen LogP contribution in [0.4, 0.5) is 0 Å². The third-order valence-electron chi connectivity index (χ3n) is 7.03. The molecule has 0 amide bonds. The van der Waals surface area contributed by atoms with Gasteiger partial charge in [0.25, 0.3) is 0 Å². The van der Waals surface area contributed by atoms with E-state index in [0.717, 1.165) is 37.8 Å². The highest BCUT2D eigenvalue weighted by Gasteiger charge is 2.16. The van der Waals surface area contributed by atoms with Crippen LogP contribution in [0.5, 0.6) is 0 Å². The van der Waals surface area contributed by atoms with Crippen molar-refractivity contribution in [3.05, 3.63) is 102 Å². The van der Waals surface area contributed by atoms with Gasteiger partial charge in [-0.3, -0.25) is 0 Å². The molecule has 5 aromatic carbocycles. The van der Waals surface area contributed by atoms with Gasteiger partial charge in [0.15, 0.2) is 0 Å². The molecule has 0 bridgehead atoms. The number of hydrogen-bond donors (Lipinski definition) is 1. The van der Waals surface area contributed by atoms with Crippen molar-refractivity contribution in [1.82, 2.24) is 0 Å². The molecular formula is C33H22OS2. The van der Waals surface area contributed by atoms with Crippen molar-refractivity contribution >= 4 is 89.7 Å². The molecule has 0 spiro atoms. The van der Waals surface area contributed by atoms with Crippen molar-refractivity contribution in [2.75, 3.05) is 0 Å². The molecule has 1 nitrogen and oxygen atoms in total. The van der Waals surface area contributed by atoms with Crippen LogP contribution in [0.15, 0.2) is 101 Å². The van der Waals surface area contributed by atoms with Crippen molar-refractivity contribution in [3.63, 3.8) is 0 Å². The summed E-state index contributed by atoms with van der Waals surface area (Å²) in [5.41, 5.74) is 5.42. The summed E-state index contributed by atoms with van der Waals surface area (Å²) in [5, 5.41) is 8.33. The first kappa shape index (κ1) is 21.5. The molecule has 0 saturated carbocycles. The average Bonchev–Trinajstić information content (AvgIpc) is 3.46. The van der Waals surface area contributed by atoms with Gasteiger partial charge >= 0.3 is 0 Å². The average molecular weight is 499 g/mol. The van der Waals surface area contributed by atoms with E-state index in [1.165, 1.54) is 42.2 Å². The Morgan fingerprint density at radius 2 is 1.42 bits per heavy atom. The fourth-order valence-corrected chi connectivity index (χ4v) is 6.69. The molecule has 0 atom stereocenters. The third-order valence-corrected chi connectivity index (χ3v) is 8.56. The first-order valence-corrected chi connectivity index (χ1v) is 13.2. The lowest BCUT2D eigenvalue weighted by Gasteiger charge is -2.05. The number of hydrogen-bond acceptors (Lipinski definition) is 3. The van der Waals surface area contributed by atoms with Crippen LogP contribution in [0, 0.1) is 0 Å². The molecule has 0 N–H and O–H groups in total. The Morgan fingerprint density at radius 3 is 2.25 bits per heavy atom. The van der Waals surface area contributed by atoms with E-state index in [1.54, 1.807) is 11.3 Å². The Morgan fingerprint density at radius 1 is 0.750 bits per heavy atom. The predicted molar refractivity (Wildman–Crippen MR) is 162 cm³/mol. The first-order valence-electron chi connectivity index (χ1n) is 12.0. The predicted octanol–water partition coefficient (Wildman–Crippen LogP) is 10.7. The minimum Gasteiger partial charge on any atom is -0.455 e. The lowest BCUT2D eigenvalue weighted by atomic mass is 9.99. The monoisotopic (exact) mass is 498 g/mol. The van der Waals surface area contributed by atoms with E-state index in [-0.39, 0.29) is 0 Å². The molecule has 7 aromatic rings. The molecule has 0 unspecified atom stereocenters. The number of furan rings is 1. The Hall–Kier alpha value is -3.79. The number of thiophene rings is 1. The third kappa shape index (κ3) is 3.17. The van der Waals surface area contributed by atoms with Gasteiger partial charge in [0, 0.05) is 41.4 Å². The van der Waals surface area contributed by atoms with Crippen molar-refractivity contribution in [2.45, 2.75) is 11.8 Å². The quantitative estimate of drug-likeness (QED) is 0.239. The fourth-order valence-electron chi connectivity index (χ4n) is 5.31. The lowest BCUT2D eigenvalue weighted by molar-refractivity contribution is 0.673. The summed E-state index contributed by atoms with van der Waals surface area (Å²) in [5.74, 6) is 0. The van der Waals surface area contributed by atoms with E-state index >= 15 is 0 Å². The molecule has 2 aromatic heterocycles. The van der Waals surface area contributed by atoms with Gasteiger partial charge in [0.05, 0.1) is 0 Å². The highest BCUT2D eigenvalue weighted by Crippen LogP contribution is 2.42. The van der Waals surface area contributed by atoms with E-state index < -0.39 is 0 Å². The van der Waals surface area contributed by atoms with E-state index in [2.05, 4.69) is 111 Å². The molecule has 0 saturated heterocycles. The highest BCUT2D eigenvalue weighted by molar-refractivity contribution is 7.80. The van der Waals surface area contributed by atoms with Gasteiger partial charge in [0.1, 0.15) is 11.2 Å². The van der Waals surface area contributed by atoms with E-state index in [4.69, 9.17) is 4.42 Å². The molecule has 0 aliphatic heterocycles. The maximum absolute atomic E-state index is 6.55. The molecule has 0 aliphatic rings.